The molecule has 1 aromatic rings. The number of carbonyl (C=O) groups is 2. The van der Waals surface area contributed by atoms with Crippen molar-refractivity contribution in [2.24, 2.45) is 11.8 Å². The van der Waals surface area contributed by atoms with E-state index in [0.29, 0.717) is 29.4 Å². The Morgan fingerprint density at radius 2 is 2.00 bits per heavy atom. The fraction of sp³-hybridized carbons (Fsp3) is 0.444. The number of nitrogens with zero attached hydrogens (tertiary/aromatic N) is 1. The molecule has 1 aliphatic heterocycles. The minimum atomic E-state index is -0.666. The first-order valence-electron chi connectivity index (χ1n) is 7.93. The molecule has 6 heteroatoms. The van der Waals surface area contributed by atoms with Gasteiger partial charge in [0.2, 0.25) is 0 Å². The monoisotopic (exact) mass is 397 g/mol. The molecule has 2 atom stereocenters. The SMILES string of the molecule is CC1CC(C)CN(C(=O)COC(=O)/C=C/c2cc(Br)ccc2F)C1. The maximum atomic E-state index is 13.6. The fourth-order valence-electron chi connectivity index (χ4n) is 2.94. The normalized spacial score (nSPS) is 21.1. The van der Waals surface area contributed by atoms with Gasteiger partial charge in [-0.3, -0.25) is 4.79 Å². The van der Waals surface area contributed by atoms with Crippen LogP contribution in [0.4, 0.5) is 4.39 Å². The fourth-order valence-corrected chi connectivity index (χ4v) is 3.32. The van der Waals surface area contributed by atoms with Crippen LogP contribution in [0.15, 0.2) is 28.7 Å². The number of halogens is 2. The number of benzene rings is 1. The number of amides is 1. The number of esters is 1. The Balaban J connectivity index is 1.85. The number of carbonyl (C=O) groups excluding carboxylic acids is 2. The van der Waals surface area contributed by atoms with E-state index < -0.39 is 11.8 Å². The molecule has 1 aromatic carbocycles. The molecule has 130 valence electrons. The first-order chi connectivity index (χ1) is 11.3. The van der Waals surface area contributed by atoms with Crippen LogP contribution in [0.1, 0.15) is 25.8 Å². The summed E-state index contributed by atoms with van der Waals surface area (Å²) in [6, 6.07) is 4.43. The second-order valence-electron chi connectivity index (χ2n) is 6.35. The average molecular weight is 398 g/mol. The summed E-state index contributed by atoms with van der Waals surface area (Å²) in [6.07, 6.45) is 3.56. The minimum Gasteiger partial charge on any atom is -0.452 e. The van der Waals surface area contributed by atoms with Crippen LogP contribution in [0, 0.1) is 17.7 Å². The maximum Gasteiger partial charge on any atom is 0.331 e. The van der Waals surface area contributed by atoms with Crippen LogP contribution < -0.4 is 0 Å². The van der Waals surface area contributed by atoms with Gasteiger partial charge in [0.25, 0.3) is 5.91 Å². The molecule has 1 amide bonds. The Bertz CT molecular complexity index is 637. The molecule has 4 nitrogen and oxygen atoms in total. The molecule has 24 heavy (non-hydrogen) atoms. The van der Waals surface area contributed by atoms with Crippen molar-refractivity contribution in [3.63, 3.8) is 0 Å². The van der Waals surface area contributed by atoms with Gasteiger partial charge in [0.05, 0.1) is 0 Å². The zero-order valence-electron chi connectivity index (χ0n) is 13.8. The van der Waals surface area contributed by atoms with E-state index >= 15 is 0 Å². The molecule has 0 bridgehead atoms. The summed E-state index contributed by atoms with van der Waals surface area (Å²) < 4.78 is 19.2. The maximum absolute atomic E-state index is 13.6. The number of piperidine rings is 1. The summed E-state index contributed by atoms with van der Waals surface area (Å²) in [5.74, 6) is -0.389. The summed E-state index contributed by atoms with van der Waals surface area (Å²) in [7, 11) is 0. The summed E-state index contributed by atoms with van der Waals surface area (Å²) in [4.78, 5) is 25.6. The van der Waals surface area contributed by atoms with Gasteiger partial charge in [-0.1, -0.05) is 29.8 Å². The van der Waals surface area contributed by atoms with E-state index in [1.807, 2.05) is 0 Å². The van der Waals surface area contributed by atoms with E-state index in [4.69, 9.17) is 4.74 Å². The number of hydrogen-bond donors (Lipinski definition) is 0. The summed E-state index contributed by atoms with van der Waals surface area (Å²) in [5.41, 5.74) is 0.270. The highest BCUT2D eigenvalue weighted by molar-refractivity contribution is 9.10. The minimum absolute atomic E-state index is 0.191. The van der Waals surface area contributed by atoms with Gasteiger partial charge in [-0.05, 0) is 42.5 Å². The van der Waals surface area contributed by atoms with Gasteiger partial charge >= 0.3 is 5.97 Å². The van der Waals surface area contributed by atoms with Crippen LogP contribution in [0.25, 0.3) is 6.08 Å². The van der Waals surface area contributed by atoms with Crippen molar-refractivity contribution in [3.05, 3.63) is 40.1 Å². The first kappa shape index (κ1) is 18.6. The Hall–Kier alpha value is -1.69. The zero-order chi connectivity index (χ0) is 17.7. The predicted octanol–water partition coefficient (Wildman–Crippen LogP) is 3.65. The topological polar surface area (TPSA) is 46.6 Å². The van der Waals surface area contributed by atoms with Crippen molar-refractivity contribution < 1.29 is 18.7 Å². The van der Waals surface area contributed by atoms with Gasteiger partial charge in [-0.25, -0.2) is 9.18 Å². The van der Waals surface area contributed by atoms with Crippen molar-refractivity contribution in [1.29, 1.82) is 0 Å². The van der Waals surface area contributed by atoms with E-state index in [0.717, 1.165) is 12.5 Å². The molecule has 0 N–H and O–H groups in total. The van der Waals surface area contributed by atoms with Crippen LogP contribution in [0.3, 0.4) is 0 Å². The van der Waals surface area contributed by atoms with Crippen LogP contribution in [-0.4, -0.2) is 36.5 Å². The predicted molar refractivity (Wildman–Crippen MR) is 93.6 cm³/mol. The Morgan fingerprint density at radius 3 is 2.67 bits per heavy atom. The third-order valence-electron chi connectivity index (χ3n) is 3.92. The largest absolute Gasteiger partial charge is 0.452 e. The molecule has 0 aliphatic carbocycles. The molecule has 1 aliphatic rings. The highest BCUT2D eigenvalue weighted by atomic mass is 79.9. The molecule has 1 heterocycles. The second kappa shape index (κ2) is 8.42. The number of ether oxygens (including phenoxy) is 1. The third kappa shape index (κ3) is 5.44. The molecular formula is C18H21BrFNO3. The number of hydrogen-bond acceptors (Lipinski definition) is 3. The van der Waals surface area contributed by atoms with Crippen LogP contribution >= 0.6 is 15.9 Å². The molecule has 2 rings (SSSR count). The van der Waals surface area contributed by atoms with E-state index in [-0.39, 0.29) is 18.1 Å². The van der Waals surface area contributed by atoms with Crippen LogP contribution in [-0.2, 0) is 14.3 Å². The lowest BCUT2D eigenvalue weighted by molar-refractivity contribution is -0.149. The van der Waals surface area contributed by atoms with Crippen LogP contribution in [0.5, 0.6) is 0 Å². The molecule has 1 saturated heterocycles. The van der Waals surface area contributed by atoms with E-state index in [1.165, 1.54) is 12.1 Å². The Kier molecular flexibility index (Phi) is 6.54. The molecule has 0 aromatic heterocycles. The first-order valence-corrected chi connectivity index (χ1v) is 8.72. The van der Waals surface area contributed by atoms with Gasteiger partial charge in [0.15, 0.2) is 6.61 Å². The van der Waals surface area contributed by atoms with Crippen molar-refractivity contribution in [2.45, 2.75) is 20.3 Å². The lowest BCUT2D eigenvalue weighted by Crippen LogP contribution is -2.44. The zero-order valence-corrected chi connectivity index (χ0v) is 15.4. The van der Waals surface area contributed by atoms with E-state index in [9.17, 15) is 14.0 Å². The quantitative estimate of drug-likeness (QED) is 0.575. The van der Waals surface area contributed by atoms with Gasteiger partial charge in [-0.15, -0.1) is 0 Å². The van der Waals surface area contributed by atoms with Crippen molar-refractivity contribution in [1.82, 2.24) is 4.90 Å². The van der Waals surface area contributed by atoms with E-state index in [1.54, 1.807) is 17.0 Å². The molecule has 2 unspecified atom stereocenters. The highest BCUT2D eigenvalue weighted by Gasteiger charge is 2.25. The van der Waals surface area contributed by atoms with Gasteiger partial charge in [0, 0.05) is 29.2 Å². The molecule has 1 fully saturated rings. The highest BCUT2D eigenvalue weighted by Crippen LogP contribution is 2.21. The van der Waals surface area contributed by atoms with Gasteiger partial charge in [0.1, 0.15) is 5.82 Å². The van der Waals surface area contributed by atoms with Crippen molar-refractivity contribution >= 4 is 33.9 Å². The Morgan fingerprint density at radius 1 is 1.33 bits per heavy atom. The lowest BCUT2D eigenvalue weighted by Gasteiger charge is -2.34. The van der Waals surface area contributed by atoms with Gasteiger partial charge in [-0.2, -0.15) is 0 Å². The molecule has 0 saturated carbocycles. The summed E-state index contributed by atoms with van der Waals surface area (Å²) in [6.45, 7) is 5.32. The summed E-state index contributed by atoms with van der Waals surface area (Å²) in [5, 5.41) is 0. The lowest BCUT2D eigenvalue weighted by atomic mass is 9.92. The summed E-state index contributed by atoms with van der Waals surface area (Å²) >= 11 is 3.24. The standard InChI is InChI=1S/C18H21BrFNO3/c1-12-7-13(2)10-21(9-12)17(22)11-24-18(23)6-3-14-8-15(19)4-5-16(14)20/h3-6,8,12-13H,7,9-11H2,1-2H3/b6-3+. The molecule has 0 spiro atoms. The third-order valence-corrected chi connectivity index (χ3v) is 4.41. The average Bonchev–Trinajstić information content (AvgIpc) is 2.52. The van der Waals surface area contributed by atoms with E-state index in [2.05, 4.69) is 29.8 Å². The second-order valence-corrected chi connectivity index (χ2v) is 7.27. The van der Waals surface area contributed by atoms with Crippen LogP contribution in [0.2, 0.25) is 0 Å². The number of rotatable bonds is 4. The van der Waals surface area contributed by atoms with Crippen molar-refractivity contribution in [2.75, 3.05) is 19.7 Å². The van der Waals surface area contributed by atoms with Crippen molar-refractivity contribution in [3.8, 4) is 0 Å². The van der Waals surface area contributed by atoms with Gasteiger partial charge < -0.3 is 9.64 Å². The number of likely N-dealkylation sites (tertiary alicyclic amines) is 1. The molecular weight excluding hydrogens is 377 g/mol. The Labute approximate surface area is 149 Å². The molecule has 0 radical (unpaired) electrons. The smallest absolute Gasteiger partial charge is 0.331 e.